The Balaban J connectivity index is 2.33. The van der Waals surface area contributed by atoms with E-state index in [4.69, 9.17) is 14.6 Å². The lowest BCUT2D eigenvalue weighted by Crippen LogP contribution is -2.37. The van der Waals surface area contributed by atoms with Crippen molar-refractivity contribution >= 4 is 5.82 Å². The standard InChI is InChI=1S/C11H17N3O5/c1-12-7-3-4-14(11(17)13-7)10-9(18-2)8(16)6(5-15)19-10/h3-4,6,8-10,15-16H,5H2,1-2H3,(H,12,13,17)/t6-,8?,9?,10-/m1/s1. The molecular weight excluding hydrogens is 254 g/mol. The van der Waals surface area contributed by atoms with Crippen LogP contribution in [0.2, 0.25) is 0 Å². The fourth-order valence-electron chi connectivity index (χ4n) is 2.09. The van der Waals surface area contributed by atoms with Crippen molar-refractivity contribution in [2.45, 2.75) is 24.5 Å². The second-order valence-electron chi connectivity index (χ2n) is 4.19. The molecule has 0 amide bonds. The highest BCUT2D eigenvalue weighted by atomic mass is 16.6. The minimum absolute atomic E-state index is 0.353. The van der Waals surface area contributed by atoms with Crippen LogP contribution in [0.15, 0.2) is 17.1 Å². The summed E-state index contributed by atoms with van der Waals surface area (Å²) >= 11 is 0. The first kappa shape index (κ1) is 13.9. The smallest absolute Gasteiger partial charge is 0.351 e. The van der Waals surface area contributed by atoms with Crippen molar-refractivity contribution in [1.82, 2.24) is 9.55 Å². The Kier molecular flexibility index (Phi) is 4.15. The summed E-state index contributed by atoms with van der Waals surface area (Å²) in [5.74, 6) is 0.437. The number of rotatable bonds is 4. The number of aromatic nitrogens is 2. The third kappa shape index (κ3) is 2.47. The van der Waals surface area contributed by atoms with Crippen LogP contribution >= 0.6 is 0 Å². The molecular formula is C11H17N3O5. The summed E-state index contributed by atoms with van der Waals surface area (Å²) in [6.45, 7) is -0.353. The average Bonchev–Trinajstić information content (AvgIpc) is 2.74. The number of aliphatic hydroxyl groups excluding tert-OH is 2. The van der Waals surface area contributed by atoms with Crippen molar-refractivity contribution in [3.05, 3.63) is 22.7 Å². The second kappa shape index (κ2) is 5.66. The van der Waals surface area contributed by atoms with E-state index in [0.29, 0.717) is 5.82 Å². The van der Waals surface area contributed by atoms with Crippen LogP contribution in [0, 0.1) is 0 Å². The lowest BCUT2D eigenvalue weighted by atomic mass is 10.1. The van der Waals surface area contributed by atoms with Gasteiger partial charge in [-0.1, -0.05) is 0 Å². The molecule has 1 aromatic heterocycles. The molecule has 2 heterocycles. The maximum Gasteiger partial charge on any atom is 0.351 e. The number of hydrogen-bond acceptors (Lipinski definition) is 7. The summed E-state index contributed by atoms with van der Waals surface area (Å²) in [5.41, 5.74) is -0.523. The molecule has 1 aromatic rings. The van der Waals surface area contributed by atoms with Crippen LogP contribution < -0.4 is 11.0 Å². The van der Waals surface area contributed by atoms with Gasteiger partial charge < -0.3 is 25.0 Å². The number of methoxy groups -OCH3 is 1. The van der Waals surface area contributed by atoms with Crippen LogP contribution in [0.4, 0.5) is 5.82 Å². The minimum atomic E-state index is -1.00. The fraction of sp³-hybridized carbons (Fsp3) is 0.636. The van der Waals surface area contributed by atoms with Gasteiger partial charge in [0.05, 0.1) is 6.61 Å². The van der Waals surface area contributed by atoms with E-state index in [1.54, 1.807) is 13.1 Å². The van der Waals surface area contributed by atoms with Crippen molar-refractivity contribution < 1.29 is 19.7 Å². The van der Waals surface area contributed by atoms with Gasteiger partial charge in [-0.25, -0.2) is 4.79 Å². The average molecular weight is 271 g/mol. The number of aliphatic hydroxyl groups is 2. The van der Waals surface area contributed by atoms with Crippen molar-refractivity contribution in [3.63, 3.8) is 0 Å². The lowest BCUT2D eigenvalue weighted by Gasteiger charge is -2.20. The van der Waals surface area contributed by atoms with Gasteiger partial charge >= 0.3 is 5.69 Å². The molecule has 0 saturated carbocycles. The first-order valence-corrected chi connectivity index (χ1v) is 5.86. The molecule has 1 saturated heterocycles. The van der Waals surface area contributed by atoms with Gasteiger partial charge in [-0.15, -0.1) is 0 Å². The van der Waals surface area contributed by atoms with Gasteiger partial charge in [-0.3, -0.25) is 4.57 Å². The second-order valence-corrected chi connectivity index (χ2v) is 4.19. The Morgan fingerprint density at radius 1 is 1.63 bits per heavy atom. The Morgan fingerprint density at radius 2 is 2.37 bits per heavy atom. The highest BCUT2D eigenvalue weighted by molar-refractivity contribution is 5.30. The maximum absolute atomic E-state index is 11.9. The number of ether oxygens (including phenoxy) is 2. The van der Waals surface area contributed by atoms with E-state index in [-0.39, 0.29) is 6.61 Å². The highest BCUT2D eigenvalue weighted by Gasteiger charge is 2.45. The van der Waals surface area contributed by atoms with E-state index in [9.17, 15) is 9.90 Å². The van der Waals surface area contributed by atoms with Crippen molar-refractivity contribution in [1.29, 1.82) is 0 Å². The van der Waals surface area contributed by atoms with Gasteiger partial charge in [0.2, 0.25) is 0 Å². The first-order chi connectivity index (χ1) is 9.12. The number of nitrogens with one attached hydrogen (secondary N) is 1. The number of hydrogen-bond donors (Lipinski definition) is 3. The Labute approximate surface area is 109 Å². The summed E-state index contributed by atoms with van der Waals surface area (Å²) in [4.78, 5) is 15.7. The zero-order valence-electron chi connectivity index (χ0n) is 10.7. The van der Waals surface area contributed by atoms with Crippen LogP contribution in [-0.4, -0.2) is 58.8 Å². The van der Waals surface area contributed by atoms with E-state index in [2.05, 4.69) is 10.3 Å². The van der Waals surface area contributed by atoms with Crippen molar-refractivity contribution in [2.24, 2.45) is 0 Å². The Morgan fingerprint density at radius 3 is 2.89 bits per heavy atom. The molecule has 8 nitrogen and oxygen atoms in total. The van der Waals surface area contributed by atoms with E-state index in [1.165, 1.54) is 17.9 Å². The molecule has 2 rings (SSSR count). The van der Waals surface area contributed by atoms with Gasteiger partial charge in [0.25, 0.3) is 0 Å². The predicted octanol–water partition coefficient (Wildman–Crippen LogP) is -1.45. The van der Waals surface area contributed by atoms with Crippen LogP contribution in [0.5, 0.6) is 0 Å². The van der Waals surface area contributed by atoms with Crippen molar-refractivity contribution in [3.8, 4) is 0 Å². The number of nitrogens with zero attached hydrogens (tertiary/aromatic N) is 2. The third-order valence-electron chi connectivity index (χ3n) is 3.13. The van der Waals surface area contributed by atoms with Crippen LogP contribution in [-0.2, 0) is 9.47 Å². The molecule has 0 aromatic carbocycles. The topological polar surface area (TPSA) is 106 Å². The normalized spacial score (nSPS) is 30.5. The number of anilines is 1. The Hall–Kier alpha value is -1.48. The molecule has 2 unspecified atom stereocenters. The molecule has 0 spiro atoms. The Bertz CT molecular complexity index is 491. The summed E-state index contributed by atoms with van der Waals surface area (Å²) < 4.78 is 11.8. The fourth-order valence-corrected chi connectivity index (χ4v) is 2.09. The molecule has 106 valence electrons. The van der Waals surface area contributed by atoms with Crippen molar-refractivity contribution in [2.75, 3.05) is 26.1 Å². The van der Waals surface area contributed by atoms with Crippen LogP contribution in [0.1, 0.15) is 6.23 Å². The van der Waals surface area contributed by atoms with E-state index in [0.717, 1.165) is 0 Å². The minimum Gasteiger partial charge on any atom is -0.394 e. The molecule has 0 aliphatic carbocycles. The third-order valence-corrected chi connectivity index (χ3v) is 3.13. The van der Waals surface area contributed by atoms with Gasteiger partial charge in [-0.05, 0) is 6.07 Å². The zero-order valence-corrected chi connectivity index (χ0v) is 10.7. The van der Waals surface area contributed by atoms with E-state index in [1.807, 2.05) is 0 Å². The predicted molar refractivity (Wildman–Crippen MR) is 65.8 cm³/mol. The quantitative estimate of drug-likeness (QED) is 0.615. The molecule has 19 heavy (non-hydrogen) atoms. The van der Waals surface area contributed by atoms with Gasteiger partial charge in [-0.2, -0.15) is 4.98 Å². The van der Waals surface area contributed by atoms with Gasteiger partial charge in [0.1, 0.15) is 24.1 Å². The molecule has 1 fully saturated rings. The summed E-state index contributed by atoms with van der Waals surface area (Å²) in [7, 11) is 3.06. The van der Waals surface area contributed by atoms with Gasteiger partial charge in [0.15, 0.2) is 6.23 Å². The van der Waals surface area contributed by atoms with Crippen LogP contribution in [0.25, 0.3) is 0 Å². The zero-order chi connectivity index (χ0) is 14.0. The van der Waals surface area contributed by atoms with Crippen LogP contribution in [0.3, 0.4) is 0 Å². The lowest BCUT2D eigenvalue weighted by molar-refractivity contribution is -0.0624. The van der Waals surface area contributed by atoms with E-state index < -0.39 is 30.2 Å². The molecule has 1 aliphatic heterocycles. The van der Waals surface area contributed by atoms with Gasteiger partial charge in [0, 0.05) is 20.4 Å². The summed E-state index contributed by atoms with van der Waals surface area (Å²) in [5, 5.41) is 21.8. The summed E-state index contributed by atoms with van der Waals surface area (Å²) in [6, 6.07) is 1.61. The first-order valence-electron chi connectivity index (χ1n) is 5.86. The highest BCUT2D eigenvalue weighted by Crippen LogP contribution is 2.30. The SMILES string of the molecule is CNc1ccn([C@@H]2O[C@H](CO)C(O)C2OC)c(=O)n1. The summed E-state index contributed by atoms with van der Waals surface area (Å²) in [6.07, 6.45) is -1.84. The van der Waals surface area contributed by atoms with E-state index >= 15 is 0 Å². The largest absolute Gasteiger partial charge is 0.394 e. The molecule has 1 aliphatic rings. The molecule has 3 N–H and O–H groups in total. The molecule has 4 atom stereocenters. The molecule has 0 radical (unpaired) electrons. The monoisotopic (exact) mass is 271 g/mol. The molecule has 0 bridgehead atoms. The maximum atomic E-state index is 11.9. The molecule has 8 heteroatoms.